The van der Waals surface area contributed by atoms with Crippen LogP contribution in [0.3, 0.4) is 0 Å². The molecule has 0 aromatic heterocycles. The fourth-order valence-corrected chi connectivity index (χ4v) is 4.47. The van der Waals surface area contributed by atoms with Crippen LogP contribution in [-0.4, -0.2) is 51.4 Å². The van der Waals surface area contributed by atoms with Gasteiger partial charge in [-0.1, -0.05) is 44.9 Å². The van der Waals surface area contributed by atoms with Gasteiger partial charge in [0.05, 0.1) is 10.9 Å². The van der Waals surface area contributed by atoms with Gasteiger partial charge in [0, 0.05) is 6.61 Å². The van der Waals surface area contributed by atoms with Crippen LogP contribution >= 0.6 is 0 Å². The summed E-state index contributed by atoms with van der Waals surface area (Å²) in [6, 6.07) is 5.65. The summed E-state index contributed by atoms with van der Waals surface area (Å²) in [6.07, 6.45) is 2.70. The number of benzene rings is 1. The molecule has 2 amide bonds. The summed E-state index contributed by atoms with van der Waals surface area (Å²) in [4.78, 5) is 37.7. The van der Waals surface area contributed by atoms with Gasteiger partial charge in [0.1, 0.15) is 12.8 Å². The highest BCUT2D eigenvalue weighted by Gasteiger charge is 2.32. The molecule has 1 aromatic carbocycles. The molecule has 172 valence electrons. The second-order valence-corrected chi connectivity index (χ2v) is 9.66. The highest BCUT2D eigenvalue weighted by Crippen LogP contribution is 2.13. The van der Waals surface area contributed by atoms with Gasteiger partial charge >= 0.3 is 0 Å². The maximum Gasteiger partial charge on any atom is 0.291 e. The summed E-state index contributed by atoms with van der Waals surface area (Å²) in [6.45, 7) is 4.13. The number of carbonyl (C=O) groups excluding carboxylic acids is 3. The Hall–Kier alpha value is -2.30. The Morgan fingerprint density at radius 1 is 1.16 bits per heavy atom. The monoisotopic (exact) mass is 453 g/mol. The number of carbonyl (C=O) groups is 3. The molecule has 0 radical (unpaired) electrons. The third kappa shape index (κ3) is 8.04. The quantitative estimate of drug-likeness (QED) is 0.530. The molecule has 0 aliphatic carbocycles. The Bertz CT molecular complexity index is 857. The minimum Gasteiger partial charge on any atom is -0.361 e. The van der Waals surface area contributed by atoms with Crippen LogP contribution < -0.4 is 15.4 Å². The van der Waals surface area contributed by atoms with Gasteiger partial charge < -0.3 is 15.4 Å². The zero-order chi connectivity index (χ0) is 22.9. The van der Waals surface area contributed by atoms with Gasteiger partial charge in [-0.2, -0.15) is 4.72 Å². The van der Waals surface area contributed by atoms with Crippen molar-refractivity contribution in [3.05, 3.63) is 30.3 Å². The van der Waals surface area contributed by atoms with Crippen LogP contribution in [0.5, 0.6) is 0 Å². The lowest BCUT2D eigenvalue weighted by Gasteiger charge is -2.23. The van der Waals surface area contributed by atoms with E-state index in [0.29, 0.717) is 13.0 Å². The molecule has 1 aliphatic rings. The Labute approximate surface area is 183 Å². The Kier molecular flexibility index (Phi) is 9.60. The van der Waals surface area contributed by atoms with E-state index >= 15 is 0 Å². The smallest absolute Gasteiger partial charge is 0.291 e. The minimum atomic E-state index is -3.94. The highest BCUT2D eigenvalue weighted by molar-refractivity contribution is 7.89. The maximum absolute atomic E-state index is 13.0. The fraction of sp³-hybridized carbons (Fsp3) is 0.571. The zero-order valence-corrected chi connectivity index (χ0v) is 18.7. The average Bonchev–Trinajstić information content (AvgIpc) is 2.76. The lowest BCUT2D eigenvalue weighted by molar-refractivity contribution is -0.141. The average molecular weight is 454 g/mol. The van der Waals surface area contributed by atoms with Crippen molar-refractivity contribution >= 4 is 27.6 Å². The second-order valence-electron chi connectivity index (χ2n) is 7.95. The molecule has 1 aliphatic heterocycles. The van der Waals surface area contributed by atoms with Gasteiger partial charge in [-0.25, -0.2) is 8.42 Å². The number of hydrogen-bond acceptors (Lipinski definition) is 6. The van der Waals surface area contributed by atoms with E-state index < -0.39 is 39.7 Å². The van der Waals surface area contributed by atoms with E-state index in [-0.39, 0.29) is 30.4 Å². The molecular formula is C21H31N3O6S. The first-order chi connectivity index (χ1) is 14.7. The lowest BCUT2D eigenvalue weighted by atomic mass is 10.0. The van der Waals surface area contributed by atoms with E-state index in [1.165, 1.54) is 12.1 Å². The molecule has 2 atom stereocenters. The molecule has 1 heterocycles. The molecule has 0 saturated carbocycles. The van der Waals surface area contributed by atoms with Crippen LogP contribution in [0.4, 0.5) is 0 Å². The molecule has 0 bridgehead atoms. The third-order valence-corrected chi connectivity index (χ3v) is 6.34. The lowest BCUT2D eigenvalue weighted by Crippen LogP contribution is -2.54. The second kappa shape index (κ2) is 11.9. The summed E-state index contributed by atoms with van der Waals surface area (Å²) < 4.78 is 33.1. The molecule has 10 heteroatoms. The first-order valence-electron chi connectivity index (χ1n) is 10.5. The van der Waals surface area contributed by atoms with Gasteiger partial charge in [0.2, 0.25) is 21.7 Å². The SMILES string of the molecule is CC(C)CC(NS(=O)(=O)c1ccccc1)C(=O)NC1CCCCCOCNC(=O)C1=O. The predicted molar refractivity (Wildman–Crippen MR) is 114 cm³/mol. The van der Waals surface area contributed by atoms with E-state index in [1.54, 1.807) is 18.2 Å². The molecule has 3 N–H and O–H groups in total. The van der Waals surface area contributed by atoms with Crippen molar-refractivity contribution in [2.75, 3.05) is 13.3 Å². The Balaban J connectivity index is 2.16. The largest absolute Gasteiger partial charge is 0.361 e. The first-order valence-corrected chi connectivity index (χ1v) is 12.0. The Morgan fingerprint density at radius 2 is 1.87 bits per heavy atom. The van der Waals surface area contributed by atoms with Crippen molar-refractivity contribution in [2.24, 2.45) is 5.92 Å². The van der Waals surface area contributed by atoms with Gasteiger partial charge in [0.25, 0.3) is 5.91 Å². The van der Waals surface area contributed by atoms with E-state index in [9.17, 15) is 22.8 Å². The minimum absolute atomic E-state index is 0.0120. The number of ketones is 1. The van der Waals surface area contributed by atoms with Crippen LogP contribution in [0, 0.1) is 5.92 Å². The summed E-state index contributed by atoms with van der Waals surface area (Å²) in [5.41, 5.74) is 0. The Morgan fingerprint density at radius 3 is 2.55 bits per heavy atom. The predicted octanol–water partition coefficient (Wildman–Crippen LogP) is 1.10. The van der Waals surface area contributed by atoms with Gasteiger partial charge in [-0.05, 0) is 37.3 Å². The van der Waals surface area contributed by atoms with Crippen LogP contribution in [0.25, 0.3) is 0 Å². The number of rotatable bonds is 7. The van der Waals surface area contributed by atoms with Crippen LogP contribution in [0.2, 0.25) is 0 Å². The summed E-state index contributed by atoms with van der Waals surface area (Å²) >= 11 is 0. The van der Waals surface area contributed by atoms with Crippen LogP contribution in [0.1, 0.15) is 46.0 Å². The number of amides is 2. The van der Waals surface area contributed by atoms with Crippen molar-refractivity contribution in [1.82, 2.24) is 15.4 Å². The van der Waals surface area contributed by atoms with Gasteiger partial charge in [0.15, 0.2) is 0 Å². The molecule has 1 fully saturated rings. The van der Waals surface area contributed by atoms with Crippen molar-refractivity contribution in [2.45, 2.75) is 62.9 Å². The van der Waals surface area contributed by atoms with Crippen LogP contribution in [0.15, 0.2) is 35.2 Å². The van der Waals surface area contributed by atoms with Crippen LogP contribution in [-0.2, 0) is 29.1 Å². The summed E-state index contributed by atoms with van der Waals surface area (Å²) in [5.74, 6) is -2.23. The highest BCUT2D eigenvalue weighted by atomic mass is 32.2. The standard InChI is InChI=1S/C21H31N3O6S/c1-15(2)13-18(24-31(28,29)16-9-5-3-6-10-16)20(26)23-17-11-7-4-8-12-30-14-22-21(27)19(17)25/h3,5-6,9-10,15,17-18,24H,4,7-8,11-14H2,1-2H3,(H,22,27)(H,23,26). The molecule has 2 rings (SSSR count). The molecule has 9 nitrogen and oxygen atoms in total. The number of sulfonamides is 1. The number of hydrogen-bond donors (Lipinski definition) is 3. The van der Waals surface area contributed by atoms with E-state index in [0.717, 1.165) is 12.8 Å². The van der Waals surface area contributed by atoms with Crippen molar-refractivity contribution in [1.29, 1.82) is 0 Å². The summed E-state index contributed by atoms with van der Waals surface area (Å²) in [7, 11) is -3.94. The van der Waals surface area contributed by atoms with Gasteiger partial charge in [-0.3, -0.25) is 14.4 Å². The first kappa shape index (κ1) is 25.0. The molecule has 1 saturated heterocycles. The zero-order valence-electron chi connectivity index (χ0n) is 17.9. The van der Waals surface area contributed by atoms with E-state index in [1.807, 2.05) is 13.8 Å². The molecular weight excluding hydrogens is 422 g/mol. The molecule has 0 spiro atoms. The van der Waals surface area contributed by atoms with E-state index in [4.69, 9.17) is 4.74 Å². The molecule has 1 aromatic rings. The summed E-state index contributed by atoms with van der Waals surface area (Å²) in [5, 5.41) is 4.98. The van der Waals surface area contributed by atoms with Crippen molar-refractivity contribution < 1.29 is 27.5 Å². The topological polar surface area (TPSA) is 131 Å². The van der Waals surface area contributed by atoms with E-state index in [2.05, 4.69) is 15.4 Å². The third-order valence-electron chi connectivity index (χ3n) is 4.85. The normalized spacial score (nSPS) is 19.9. The van der Waals surface area contributed by atoms with Gasteiger partial charge in [-0.15, -0.1) is 0 Å². The molecule has 2 unspecified atom stereocenters. The number of ether oxygens (including phenoxy) is 1. The fourth-order valence-electron chi connectivity index (χ4n) is 3.24. The number of nitrogens with one attached hydrogen (secondary N) is 3. The van der Waals surface area contributed by atoms with Crippen molar-refractivity contribution in [3.8, 4) is 0 Å². The number of Topliss-reactive ketones (excluding diaryl/α,β-unsaturated/α-hetero) is 1. The van der Waals surface area contributed by atoms with Crippen molar-refractivity contribution in [3.63, 3.8) is 0 Å². The molecule has 31 heavy (non-hydrogen) atoms. The maximum atomic E-state index is 13.0.